The van der Waals surface area contributed by atoms with Crippen LogP contribution in [0.5, 0.6) is 0 Å². The molecule has 10 unspecified atom stereocenters. The first kappa shape index (κ1) is 39.6. The predicted molar refractivity (Wildman–Crippen MR) is 165 cm³/mol. The second kappa shape index (κ2) is 19.4. The number of aliphatic hydroxyl groups excluding tert-OH is 4. The van der Waals surface area contributed by atoms with E-state index in [4.69, 9.17) is 19.3 Å². The van der Waals surface area contributed by atoms with Gasteiger partial charge in [0.05, 0.1) is 36.9 Å². The fraction of sp³-hybridized carbons (Fsp3) is 1.00. The van der Waals surface area contributed by atoms with Crippen LogP contribution in [0.2, 0.25) is 0 Å². The molecule has 2 aliphatic heterocycles. The van der Waals surface area contributed by atoms with Crippen LogP contribution in [0, 0.1) is 0 Å². The van der Waals surface area contributed by atoms with Gasteiger partial charge in [0, 0.05) is 38.3 Å². The molecule has 3 rings (SSSR count). The van der Waals surface area contributed by atoms with Crippen molar-refractivity contribution in [1.29, 1.82) is 0 Å². The van der Waals surface area contributed by atoms with Gasteiger partial charge in [-0.25, -0.2) is 0 Å². The Balaban J connectivity index is 1.56. The highest BCUT2D eigenvalue weighted by molar-refractivity contribution is 7.86. The summed E-state index contributed by atoms with van der Waals surface area (Å²) in [6.07, 6.45) is -1.79. The van der Waals surface area contributed by atoms with Crippen LogP contribution in [0.15, 0.2) is 0 Å². The van der Waals surface area contributed by atoms with Crippen molar-refractivity contribution in [2.24, 2.45) is 0 Å². The molecule has 22 nitrogen and oxygen atoms in total. The second-order valence-corrected chi connectivity index (χ2v) is 14.6. The first-order valence-corrected chi connectivity index (χ1v) is 18.4. The summed E-state index contributed by atoms with van der Waals surface area (Å²) in [5.74, 6) is -0.965. The van der Waals surface area contributed by atoms with Crippen molar-refractivity contribution >= 4 is 20.2 Å². The van der Waals surface area contributed by atoms with E-state index in [-0.39, 0.29) is 38.3 Å². The zero-order chi connectivity index (χ0) is 33.7. The summed E-state index contributed by atoms with van der Waals surface area (Å²) >= 11 is 0. The van der Waals surface area contributed by atoms with E-state index in [1.54, 1.807) is 0 Å². The Bertz CT molecular complexity index is 1020. The van der Waals surface area contributed by atoms with Crippen LogP contribution in [-0.4, -0.2) is 159 Å². The fourth-order valence-electron chi connectivity index (χ4n) is 5.22. The molecule has 46 heavy (non-hydrogen) atoms. The third-order valence-electron chi connectivity index (χ3n) is 7.43. The molecule has 0 radical (unpaired) electrons. The lowest BCUT2D eigenvalue weighted by Crippen LogP contribution is -2.79. The van der Waals surface area contributed by atoms with Crippen molar-refractivity contribution in [3.8, 4) is 0 Å². The molecule has 3 fully saturated rings. The summed E-state index contributed by atoms with van der Waals surface area (Å²) in [6, 6.07) is 0.0750. The van der Waals surface area contributed by atoms with Crippen molar-refractivity contribution < 1.29 is 46.4 Å². The highest BCUT2D eigenvalue weighted by Crippen LogP contribution is 2.19. The number of aliphatic hydroxyl groups is 4. The number of hydrogen-bond acceptors (Lipinski definition) is 20. The number of nitrogens with one attached hydrogen (secondary N) is 12. The molecule has 2 heterocycles. The lowest BCUT2D eigenvalue weighted by atomic mass is 9.91. The predicted octanol–water partition coefficient (Wildman–Crippen LogP) is -8.42. The second-order valence-electron chi connectivity index (χ2n) is 11.5. The van der Waals surface area contributed by atoms with Gasteiger partial charge in [-0.2, -0.15) is 16.8 Å². The molecule has 1 saturated carbocycles. The van der Waals surface area contributed by atoms with E-state index in [9.17, 15) is 27.0 Å². The van der Waals surface area contributed by atoms with Gasteiger partial charge in [-0.1, -0.05) is 6.42 Å². The molecule has 0 aromatic carbocycles. The van der Waals surface area contributed by atoms with Crippen LogP contribution in [0.3, 0.4) is 0 Å². The first-order valence-electron chi connectivity index (χ1n) is 15.2. The summed E-state index contributed by atoms with van der Waals surface area (Å²) in [5, 5.41) is 76.2. The smallest absolute Gasteiger partial charge is 0.266 e. The third kappa shape index (κ3) is 16.1. The Kier molecular flexibility index (Phi) is 16.7. The van der Waals surface area contributed by atoms with E-state index in [1.165, 1.54) is 0 Å². The summed E-state index contributed by atoms with van der Waals surface area (Å²) in [4.78, 5) is 0. The summed E-state index contributed by atoms with van der Waals surface area (Å²) in [7, 11) is -8.31. The van der Waals surface area contributed by atoms with Crippen molar-refractivity contribution in [1.82, 2.24) is 63.8 Å². The number of hydrogen-bond donors (Lipinski definition) is 18. The molecule has 10 atom stereocenters. The Morgan fingerprint density at radius 1 is 0.587 bits per heavy atom. The Morgan fingerprint density at radius 3 is 1.28 bits per heavy atom. The van der Waals surface area contributed by atoms with Gasteiger partial charge in [0.2, 0.25) is 0 Å². The van der Waals surface area contributed by atoms with Gasteiger partial charge in [-0.15, -0.1) is 0 Å². The zero-order valence-corrected chi connectivity index (χ0v) is 27.0. The summed E-state index contributed by atoms with van der Waals surface area (Å²) in [6.45, 7) is -0.746. The maximum Gasteiger partial charge on any atom is 0.266 e. The van der Waals surface area contributed by atoms with E-state index in [0.717, 1.165) is 19.3 Å². The van der Waals surface area contributed by atoms with E-state index in [0.29, 0.717) is 6.42 Å². The van der Waals surface area contributed by atoms with Gasteiger partial charge in [0.1, 0.15) is 37.7 Å². The molecule has 272 valence electrons. The molecule has 0 spiro atoms. The standard InChI is InChI=1S/C22H52N12O10S2/c35-11-15(37)9-25-19-29-17(23-4-6-45(39,40)41)31-21(33-19)27-13-2-1-3-14(8-13)28-22-32-18(24-5-7-46(42,43)44)30-20(34-22)26-10-16(38)12-36/h13-38H,1-12H2,(H,39,40,41)(H,42,43,44). The molecule has 0 aromatic rings. The molecule has 1 aliphatic carbocycles. The topological polar surface area (TPSA) is 334 Å². The van der Waals surface area contributed by atoms with E-state index in [1.807, 2.05) is 0 Å². The summed E-state index contributed by atoms with van der Waals surface area (Å²) < 4.78 is 62.7. The summed E-state index contributed by atoms with van der Waals surface area (Å²) in [5.41, 5.74) is 0. The molecular formula is C22H52N12O10S2. The van der Waals surface area contributed by atoms with Crippen LogP contribution in [0.1, 0.15) is 25.7 Å². The SMILES string of the molecule is O=S(=O)(O)CCNC1NC(NCC(O)CO)NC(NC2CCCC(NC3NC(NCCS(=O)(=O)O)NC(NCC(O)CO)N3)C2)N1. The Labute approximate surface area is 268 Å². The van der Waals surface area contributed by atoms with Crippen molar-refractivity contribution in [3.63, 3.8) is 0 Å². The Morgan fingerprint density at radius 2 is 0.935 bits per heavy atom. The van der Waals surface area contributed by atoms with Gasteiger partial charge in [0.25, 0.3) is 20.2 Å². The minimum atomic E-state index is -4.15. The van der Waals surface area contributed by atoms with Crippen molar-refractivity contribution in [3.05, 3.63) is 0 Å². The molecule has 0 bridgehead atoms. The first-order chi connectivity index (χ1) is 21.7. The molecule has 24 heteroatoms. The van der Waals surface area contributed by atoms with Crippen LogP contribution in [-0.2, 0) is 20.2 Å². The van der Waals surface area contributed by atoms with E-state index in [2.05, 4.69) is 63.8 Å². The monoisotopic (exact) mass is 708 g/mol. The quantitative estimate of drug-likeness (QED) is 0.0522. The molecule has 3 aliphatic rings. The fourth-order valence-corrected chi connectivity index (χ4v) is 5.97. The van der Waals surface area contributed by atoms with Crippen LogP contribution < -0.4 is 63.8 Å². The zero-order valence-electron chi connectivity index (χ0n) is 25.4. The highest BCUT2D eigenvalue weighted by Gasteiger charge is 2.33. The van der Waals surface area contributed by atoms with Gasteiger partial charge in [-0.3, -0.25) is 72.9 Å². The largest absolute Gasteiger partial charge is 0.394 e. The maximum atomic E-state index is 11.1. The van der Waals surface area contributed by atoms with Crippen LogP contribution in [0.25, 0.3) is 0 Å². The number of rotatable bonds is 20. The highest BCUT2D eigenvalue weighted by atomic mass is 32.2. The van der Waals surface area contributed by atoms with Crippen LogP contribution in [0.4, 0.5) is 0 Å². The average Bonchev–Trinajstić information content (AvgIpc) is 2.97. The third-order valence-corrected chi connectivity index (χ3v) is 8.87. The van der Waals surface area contributed by atoms with Gasteiger partial charge >= 0.3 is 0 Å². The molecule has 0 aromatic heterocycles. The van der Waals surface area contributed by atoms with Gasteiger partial charge in [0.15, 0.2) is 0 Å². The average molecular weight is 709 g/mol. The Hall–Kier alpha value is -0.820. The minimum absolute atomic E-state index is 0.0334. The molecule has 0 amide bonds. The molecular weight excluding hydrogens is 656 g/mol. The lowest BCUT2D eigenvalue weighted by molar-refractivity contribution is 0.0692. The maximum absolute atomic E-state index is 11.1. The molecule has 2 saturated heterocycles. The van der Waals surface area contributed by atoms with Crippen LogP contribution >= 0.6 is 0 Å². The van der Waals surface area contributed by atoms with E-state index >= 15 is 0 Å². The van der Waals surface area contributed by atoms with Crippen molar-refractivity contribution in [2.75, 3.05) is 50.9 Å². The van der Waals surface area contributed by atoms with Gasteiger partial charge < -0.3 is 20.4 Å². The molecule has 18 N–H and O–H groups in total. The minimum Gasteiger partial charge on any atom is -0.394 e. The lowest BCUT2D eigenvalue weighted by Gasteiger charge is -2.44. The normalized spacial score (nSPS) is 32.7. The van der Waals surface area contributed by atoms with Crippen molar-refractivity contribution in [2.45, 2.75) is 87.7 Å². The van der Waals surface area contributed by atoms with Gasteiger partial charge in [-0.05, 0) is 19.3 Å². The van der Waals surface area contributed by atoms with E-state index < -0.39 is 94.9 Å².